The summed E-state index contributed by atoms with van der Waals surface area (Å²) < 4.78 is 0. The number of nitro benzene ring substituents is 2. The smallest absolute Gasteiger partial charge is 0.299 e. The molecule has 3 aromatic carbocycles. The van der Waals surface area contributed by atoms with E-state index in [4.69, 9.17) is 0 Å². The number of benzene rings is 3. The molecular formula is C20H16N4O5. The maximum Gasteiger partial charge on any atom is 0.299 e. The molecule has 9 heteroatoms. The molecule has 0 saturated heterocycles. The quantitative estimate of drug-likeness (QED) is 0.458. The second-order valence-corrected chi connectivity index (χ2v) is 6.19. The van der Waals surface area contributed by atoms with Crippen LogP contribution in [-0.2, 0) is 0 Å². The highest BCUT2D eigenvalue weighted by atomic mass is 16.6. The molecule has 2 N–H and O–H groups in total. The van der Waals surface area contributed by atoms with Crippen molar-refractivity contribution in [3.05, 3.63) is 98.1 Å². The SMILES string of the molecule is Cc1cc(Nc2ccc([N+](=O)[O-])cc2[N+](=O)[O-])ccc1NC(=O)c1ccccc1. The maximum atomic E-state index is 12.3. The number of hydrogen-bond donors (Lipinski definition) is 2. The molecule has 0 fully saturated rings. The van der Waals surface area contributed by atoms with Crippen LogP contribution in [0.5, 0.6) is 0 Å². The maximum absolute atomic E-state index is 12.3. The highest BCUT2D eigenvalue weighted by Gasteiger charge is 2.19. The van der Waals surface area contributed by atoms with Crippen molar-refractivity contribution >= 4 is 34.3 Å². The molecule has 0 aromatic heterocycles. The highest BCUT2D eigenvalue weighted by Crippen LogP contribution is 2.32. The number of aryl methyl sites for hydroxylation is 1. The number of non-ortho nitro benzene ring substituents is 1. The Morgan fingerprint density at radius 2 is 1.55 bits per heavy atom. The zero-order valence-corrected chi connectivity index (χ0v) is 15.3. The minimum absolute atomic E-state index is 0.126. The van der Waals surface area contributed by atoms with Crippen molar-refractivity contribution in [2.24, 2.45) is 0 Å². The van der Waals surface area contributed by atoms with E-state index in [2.05, 4.69) is 10.6 Å². The molecule has 0 atom stereocenters. The minimum atomic E-state index is -0.689. The second kappa shape index (κ2) is 8.17. The van der Waals surface area contributed by atoms with Gasteiger partial charge >= 0.3 is 0 Å². The van der Waals surface area contributed by atoms with E-state index < -0.39 is 15.5 Å². The van der Waals surface area contributed by atoms with Gasteiger partial charge in [0.25, 0.3) is 17.3 Å². The summed E-state index contributed by atoms with van der Waals surface area (Å²) in [5.74, 6) is -0.250. The molecule has 0 heterocycles. The van der Waals surface area contributed by atoms with Gasteiger partial charge in [-0.1, -0.05) is 18.2 Å². The van der Waals surface area contributed by atoms with Crippen LogP contribution >= 0.6 is 0 Å². The Hall–Kier alpha value is -4.27. The first kappa shape index (κ1) is 19.5. The average molecular weight is 392 g/mol. The Bertz CT molecular complexity index is 1100. The summed E-state index contributed by atoms with van der Waals surface area (Å²) in [6.07, 6.45) is 0. The number of rotatable bonds is 6. The largest absolute Gasteiger partial charge is 0.350 e. The third-order valence-electron chi connectivity index (χ3n) is 4.18. The molecule has 3 rings (SSSR count). The summed E-state index contributed by atoms with van der Waals surface area (Å²) in [5, 5.41) is 27.8. The summed E-state index contributed by atoms with van der Waals surface area (Å²) in [6, 6.07) is 17.2. The molecule has 0 aliphatic rings. The van der Waals surface area contributed by atoms with Crippen LogP contribution in [0.3, 0.4) is 0 Å². The van der Waals surface area contributed by atoms with E-state index in [9.17, 15) is 25.0 Å². The fourth-order valence-electron chi connectivity index (χ4n) is 2.71. The molecule has 146 valence electrons. The third-order valence-corrected chi connectivity index (χ3v) is 4.18. The van der Waals surface area contributed by atoms with Gasteiger partial charge in [-0.3, -0.25) is 25.0 Å². The number of carbonyl (C=O) groups is 1. The first-order valence-corrected chi connectivity index (χ1v) is 8.52. The molecule has 0 aliphatic carbocycles. The van der Waals surface area contributed by atoms with Gasteiger partial charge in [0.15, 0.2) is 0 Å². The lowest BCUT2D eigenvalue weighted by molar-refractivity contribution is -0.393. The van der Waals surface area contributed by atoms with Gasteiger partial charge < -0.3 is 10.6 Å². The van der Waals surface area contributed by atoms with Gasteiger partial charge in [-0.15, -0.1) is 0 Å². The Labute approximate surface area is 165 Å². The highest BCUT2D eigenvalue weighted by molar-refractivity contribution is 6.04. The number of nitrogens with zero attached hydrogens (tertiary/aromatic N) is 2. The number of nitro groups is 2. The van der Waals surface area contributed by atoms with Gasteiger partial charge in [0.05, 0.1) is 15.9 Å². The molecule has 9 nitrogen and oxygen atoms in total. The third kappa shape index (κ3) is 4.53. The van der Waals surface area contributed by atoms with Crippen LogP contribution in [0.25, 0.3) is 0 Å². The first-order chi connectivity index (χ1) is 13.8. The van der Waals surface area contributed by atoms with E-state index >= 15 is 0 Å². The topological polar surface area (TPSA) is 127 Å². The standard InChI is InChI=1S/C20H16N4O5/c1-13-11-15(7-9-17(13)22-20(25)14-5-3-2-4-6-14)21-18-10-8-16(23(26)27)12-19(18)24(28)29/h2-12,21H,1H3,(H,22,25). The summed E-state index contributed by atoms with van der Waals surface area (Å²) in [4.78, 5) is 33.0. The van der Waals surface area contributed by atoms with E-state index in [1.807, 2.05) is 6.07 Å². The van der Waals surface area contributed by atoms with Gasteiger partial charge in [0.2, 0.25) is 0 Å². The Morgan fingerprint density at radius 3 is 2.17 bits per heavy atom. The van der Waals surface area contributed by atoms with Gasteiger partial charge in [-0.25, -0.2) is 0 Å². The van der Waals surface area contributed by atoms with E-state index in [-0.39, 0.29) is 17.3 Å². The molecule has 0 radical (unpaired) electrons. The van der Waals surface area contributed by atoms with Crippen molar-refractivity contribution in [3.8, 4) is 0 Å². The van der Waals surface area contributed by atoms with Crippen molar-refractivity contribution in [1.29, 1.82) is 0 Å². The van der Waals surface area contributed by atoms with Crippen LogP contribution in [0.1, 0.15) is 15.9 Å². The second-order valence-electron chi connectivity index (χ2n) is 6.19. The molecule has 3 aromatic rings. The zero-order chi connectivity index (χ0) is 21.0. The van der Waals surface area contributed by atoms with E-state index in [1.165, 1.54) is 12.1 Å². The molecule has 0 spiro atoms. The van der Waals surface area contributed by atoms with Gasteiger partial charge in [-0.05, 0) is 48.9 Å². The van der Waals surface area contributed by atoms with E-state index in [1.54, 1.807) is 49.4 Å². The van der Waals surface area contributed by atoms with Crippen molar-refractivity contribution in [2.45, 2.75) is 6.92 Å². The molecule has 0 aliphatic heterocycles. The number of amides is 1. The zero-order valence-electron chi connectivity index (χ0n) is 15.3. The predicted octanol–water partition coefficient (Wildman–Crippen LogP) is 4.81. The molecule has 0 bridgehead atoms. The van der Waals surface area contributed by atoms with Crippen LogP contribution in [0.4, 0.5) is 28.4 Å². The Balaban J connectivity index is 1.81. The van der Waals surface area contributed by atoms with Crippen LogP contribution < -0.4 is 10.6 Å². The summed E-state index contributed by atoms with van der Waals surface area (Å²) in [6.45, 7) is 1.79. The molecule has 1 amide bonds. The fourth-order valence-corrected chi connectivity index (χ4v) is 2.71. The molecule has 0 saturated carbocycles. The molecular weight excluding hydrogens is 376 g/mol. The fraction of sp³-hybridized carbons (Fsp3) is 0.0500. The van der Waals surface area contributed by atoms with Crippen molar-refractivity contribution in [3.63, 3.8) is 0 Å². The Morgan fingerprint density at radius 1 is 0.862 bits per heavy atom. The van der Waals surface area contributed by atoms with Crippen molar-refractivity contribution < 1.29 is 14.6 Å². The van der Waals surface area contributed by atoms with E-state index in [0.29, 0.717) is 16.9 Å². The van der Waals surface area contributed by atoms with Crippen LogP contribution in [0.2, 0.25) is 0 Å². The first-order valence-electron chi connectivity index (χ1n) is 8.52. The van der Waals surface area contributed by atoms with Crippen LogP contribution in [0, 0.1) is 27.2 Å². The molecule has 0 unspecified atom stereocenters. The van der Waals surface area contributed by atoms with Gasteiger partial charge in [0, 0.05) is 23.0 Å². The minimum Gasteiger partial charge on any atom is -0.350 e. The van der Waals surface area contributed by atoms with Gasteiger partial charge in [-0.2, -0.15) is 0 Å². The molecule has 29 heavy (non-hydrogen) atoms. The van der Waals surface area contributed by atoms with Crippen molar-refractivity contribution in [1.82, 2.24) is 0 Å². The number of anilines is 3. The van der Waals surface area contributed by atoms with Crippen LogP contribution in [-0.4, -0.2) is 15.8 Å². The summed E-state index contributed by atoms with van der Waals surface area (Å²) >= 11 is 0. The van der Waals surface area contributed by atoms with Gasteiger partial charge in [0.1, 0.15) is 5.69 Å². The van der Waals surface area contributed by atoms with E-state index in [0.717, 1.165) is 11.6 Å². The predicted molar refractivity (Wildman–Crippen MR) is 109 cm³/mol. The Kier molecular flexibility index (Phi) is 5.49. The van der Waals surface area contributed by atoms with Crippen LogP contribution in [0.15, 0.2) is 66.7 Å². The average Bonchev–Trinajstić information content (AvgIpc) is 2.70. The summed E-state index contributed by atoms with van der Waals surface area (Å²) in [7, 11) is 0. The lowest BCUT2D eigenvalue weighted by Crippen LogP contribution is -2.12. The number of nitrogens with one attached hydrogen (secondary N) is 2. The monoisotopic (exact) mass is 392 g/mol. The number of carbonyl (C=O) groups excluding carboxylic acids is 1. The summed E-state index contributed by atoms with van der Waals surface area (Å²) in [5.41, 5.74) is 1.76. The lowest BCUT2D eigenvalue weighted by Gasteiger charge is -2.12. The number of hydrogen-bond acceptors (Lipinski definition) is 6. The normalized spacial score (nSPS) is 10.2. The van der Waals surface area contributed by atoms with Crippen molar-refractivity contribution in [2.75, 3.05) is 10.6 Å². The lowest BCUT2D eigenvalue weighted by atomic mass is 10.1.